The number of anilines is 1. The SMILES string of the molecule is CCCCc1ccc(NC(=O)/C(C#N)=C\NCCc2ccccc2F)cc1. The fraction of sp³-hybridized carbons (Fsp3) is 0.273. The van der Waals surface area contributed by atoms with Crippen molar-refractivity contribution in [1.29, 1.82) is 5.26 Å². The molecule has 0 fully saturated rings. The average molecular weight is 365 g/mol. The Hall–Kier alpha value is -3.13. The molecule has 0 spiro atoms. The van der Waals surface area contributed by atoms with Gasteiger partial charge in [0.25, 0.3) is 5.91 Å². The molecule has 0 saturated carbocycles. The maximum absolute atomic E-state index is 13.5. The Labute approximate surface area is 159 Å². The third-order valence-corrected chi connectivity index (χ3v) is 4.14. The van der Waals surface area contributed by atoms with Gasteiger partial charge in [-0.15, -0.1) is 0 Å². The van der Waals surface area contributed by atoms with E-state index >= 15 is 0 Å². The van der Waals surface area contributed by atoms with Crippen LogP contribution in [0.3, 0.4) is 0 Å². The molecule has 2 rings (SSSR count). The van der Waals surface area contributed by atoms with Crippen molar-refractivity contribution >= 4 is 11.6 Å². The molecule has 2 aromatic rings. The molecule has 2 N–H and O–H groups in total. The van der Waals surface area contributed by atoms with Crippen LogP contribution in [0.25, 0.3) is 0 Å². The van der Waals surface area contributed by atoms with Crippen LogP contribution >= 0.6 is 0 Å². The van der Waals surface area contributed by atoms with Crippen molar-refractivity contribution in [3.05, 3.63) is 77.2 Å². The third-order valence-electron chi connectivity index (χ3n) is 4.14. The largest absolute Gasteiger partial charge is 0.389 e. The number of nitriles is 1. The van der Waals surface area contributed by atoms with E-state index in [-0.39, 0.29) is 11.4 Å². The van der Waals surface area contributed by atoms with Gasteiger partial charge in [-0.1, -0.05) is 43.7 Å². The molecule has 0 atom stereocenters. The molecular formula is C22H24FN3O. The fourth-order valence-electron chi connectivity index (χ4n) is 2.56. The first-order valence-corrected chi connectivity index (χ1v) is 9.11. The maximum Gasteiger partial charge on any atom is 0.267 e. The lowest BCUT2D eigenvalue weighted by molar-refractivity contribution is -0.112. The zero-order valence-corrected chi connectivity index (χ0v) is 15.5. The molecule has 0 aliphatic heterocycles. The second-order valence-corrected chi connectivity index (χ2v) is 6.22. The Morgan fingerprint density at radius 1 is 1.15 bits per heavy atom. The highest BCUT2D eigenvalue weighted by atomic mass is 19.1. The smallest absolute Gasteiger partial charge is 0.267 e. The van der Waals surface area contributed by atoms with Gasteiger partial charge in [-0.3, -0.25) is 4.79 Å². The number of hydrogen-bond acceptors (Lipinski definition) is 3. The van der Waals surface area contributed by atoms with Gasteiger partial charge < -0.3 is 10.6 Å². The molecule has 27 heavy (non-hydrogen) atoms. The summed E-state index contributed by atoms with van der Waals surface area (Å²) in [5, 5.41) is 14.8. The molecule has 0 saturated heterocycles. The summed E-state index contributed by atoms with van der Waals surface area (Å²) in [6.07, 6.45) is 5.11. The molecule has 0 aliphatic rings. The van der Waals surface area contributed by atoms with Gasteiger partial charge in [-0.25, -0.2) is 4.39 Å². The number of carbonyl (C=O) groups excluding carboxylic acids is 1. The van der Waals surface area contributed by atoms with Crippen molar-refractivity contribution in [2.75, 3.05) is 11.9 Å². The number of nitrogens with zero attached hydrogens (tertiary/aromatic N) is 1. The van der Waals surface area contributed by atoms with Crippen LogP contribution in [-0.2, 0) is 17.6 Å². The summed E-state index contributed by atoms with van der Waals surface area (Å²) in [5.74, 6) is -0.735. The van der Waals surface area contributed by atoms with Crippen LogP contribution in [0.15, 0.2) is 60.3 Å². The fourth-order valence-corrected chi connectivity index (χ4v) is 2.56. The van der Waals surface area contributed by atoms with Crippen LogP contribution in [0.1, 0.15) is 30.9 Å². The number of halogens is 1. The van der Waals surface area contributed by atoms with E-state index in [1.807, 2.05) is 30.3 Å². The minimum absolute atomic E-state index is 0.0291. The Balaban J connectivity index is 1.86. The Morgan fingerprint density at radius 2 is 1.89 bits per heavy atom. The van der Waals surface area contributed by atoms with Crippen LogP contribution in [0.5, 0.6) is 0 Å². The highest BCUT2D eigenvalue weighted by Crippen LogP contribution is 2.13. The number of aryl methyl sites for hydroxylation is 1. The van der Waals surface area contributed by atoms with Crippen LogP contribution in [0.4, 0.5) is 10.1 Å². The second-order valence-electron chi connectivity index (χ2n) is 6.22. The van der Waals surface area contributed by atoms with Crippen molar-refractivity contribution < 1.29 is 9.18 Å². The summed E-state index contributed by atoms with van der Waals surface area (Å²) >= 11 is 0. The van der Waals surface area contributed by atoms with Gasteiger partial charge in [0.1, 0.15) is 17.5 Å². The van der Waals surface area contributed by atoms with E-state index in [1.165, 1.54) is 17.8 Å². The standard InChI is InChI=1S/C22H24FN3O/c1-2-3-6-17-9-11-20(12-10-17)26-22(27)19(15-24)16-25-14-13-18-7-4-5-8-21(18)23/h4-5,7-12,16,25H,2-3,6,13-14H2,1H3,(H,26,27)/b19-16-. The van der Waals surface area contributed by atoms with Gasteiger partial charge in [0, 0.05) is 18.4 Å². The van der Waals surface area contributed by atoms with E-state index in [0.717, 1.165) is 19.3 Å². The van der Waals surface area contributed by atoms with Gasteiger partial charge in [-0.2, -0.15) is 5.26 Å². The molecule has 140 valence electrons. The normalized spacial score (nSPS) is 10.9. The topological polar surface area (TPSA) is 64.9 Å². The summed E-state index contributed by atoms with van der Waals surface area (Å²) in [6.45, 7) is 2.57. The van der Waals surface area contributed by atoms with E-state index in [4.69, 9.17) is 0 Å². The van der Waals surface area contributed by atoms with E-state index in [9.17, 15) is 14.4 Å². The number of benzene rings is 2. The molecule has 0 aromatic heterocycles. The van der Waals surface area contributed by atoms with Gasteiger partial charge in [-0.05, 0) is 48.6 Å². The molecule has 5 heteroatoms. The highest BCUT2D eigenvalue weighted by Gasteiger charge is 2.09. The number of hydrogen-bond donors (Lipinski definition) is 2. The second kappa shape index (κ2) is 10.8. The molecule has 0 bridgehead atoms. The first kappa shape index (κ1) is 20.2. The van der Waals surface area contributed by atoms with Crippen LogP contribution in [0, 0.1) is 17.1 Å². The van der Waals surface area contributed by atoms with Crippen LogP contribution in [0.2, 0.25) is 0 Å². The maximum atomic E-state index is 13.5. The molecule has 0 heterocycles. The minimum Gasteiger partial charge on any atom is -0.389 e. The van der Waals surface area contributed by atoms with E-state index < -0.39 is 5.91 Å². The zero-order chi connectivity index (χ0) is 19.5. The number of carbonyl (C=O) groups is 1. The highest BCUT2D eigenvalue weighted by molar-refractivity contribution is 6.06. The van der Waals surface area contributed by atoms with Crippen molar-refractivity contribution in [3.63, 3.8) is 0 Å². The molecular weight excluding hydrogens is 341 g/mol. The van der Waals surface area contributed by atoms with Gasteiger partial charge in [0.2, 0.25) is 0 Å². The lowest BCUT2D eigenvalue weighted by atomic mass is 10.1. The van der Waals surface area contributed by atoms with E-state index in [2.05, 4.69) is 17.6 Å². The van der Waals surface area contributed by atoms with E-state index in [0.29, 0.717) is 24.2 Å². The number of nitrogens with one attached hydrogen (secondary N) is 2. The molecule has 2 aromatic carbocycles. The van der Waals surface area contributed by atoms with Crippen molar-refractivity contribution in [2.24, 2.45) is 0 Å². The monoisotopic (exact) mass is 365 g/mol. The first-order chi connectivity index (χ1) is 13.1. The summed E-state index contributed by atoms with van der Waals surface area (Å²) < 4.78 is 13.5. The Kier molecular flexibility index (Phi) is 8.05. The van der Waals surface area contributed by atoms with Crippen molar-refractivity contribution in [2.45, 2.75) is 32.6 Å². The van der Waals surface area contributed by atoms with Gasteiger partial charge in [0.15, 0.2) is 0 Å². The zero-order valence-electron chi connectivity index (χ0n) is 15.5. The first-order valence-electron chi connectivity index (χ1n) is 9.11. The third kappa shape index (κ3) is 6.59. The van der Waals surface area contributed by atoms with Crippen molar-refractivity contribution in [3.8, 4) is 6.07 Å². The van der Waals surface area contributed by atoms with Crippen LogP contribution in [-0.4, -0.2) is 12.5 Å². The molecule has 1 amide bonds. The number of amides is 1. The Bertz CT molecular complexity index is 822. The summed E-state index contributed by atoms with van der Waals surface area (Å²) in [6, 6.07) is 16.1. The molecule has 0 unspecified atom stereocenters. The van der Waals surface area contributed by atoms with Crippen LogP contribution < -0.4 is 10.6 Å². The number of rotatable bonds is 9. The molecule has 4 nitrogen and oxygen atoms in total. The lowest BCUT2D eigenvalue weighted by Crippen LogP contribution is -2.18. The summed E-state index contributed by atoms with van der Waals surface area (Å²) in [5.41, 5.74) is 2.43. The predicted octanol–water partition coefficient (Wildman–Crippen LogP) is 4.35. The quantitative estimate of drug-likeness (QED) is 0.394. The molecule has 0 radical (unpaired) electrons. The van der Waals surface area contributed by atoms with Gasteiger partial charge in [0.05, 0.1) is 0 Å². The summed E-state index contributed by atoms with van der Waals surface area (Å²) in [7, 11) is 0. The molecule has 0 aliphatic carbocycles. The summed E-state index contributed by atoms with van der Waals surface area (Å²) in [4.78, 5) is 12.2. The Morgan fingerprint density at radius 3 is 2.56 bits per heavy atom. The lowest BCUT2D eigenvalue weighted by Gasteiger charge is -2.07. The van der Waals surface area contributed by atoms with Crippen molar-refractivity contribution in [1.82, 2.24) is 5.32 Å². The van der Waals surface area contributed by atoms with Gasteiger partial charge >= 0.3 is 0 Å². The van der Waals surface area contributed by atoms with E-state index in [1.54, 1.807) is 18.2 Å². The minimum atomic E-state index is -0.475. The average Bonchev–Trinajstić information content (AvgIpc) is 2.68. The number of unbranched alkanes of at least 4 members (excludes halogenated alkanes) is 1. The predicted molar refractivity (Wildman–Crippen MR) is 105 cm³/mol.